The molecule has 21 heavy (non-hydrogen) atoms. The minimum atomic E-state index is -1.45. The van der Waals surface area contributed by atoms with E-state index in [0.29, 0.717) is 11.2 Å². The summed E-state index contributed by atoms with van der Waals surface area (Å²) >= 11 is 0. The molecule has 112 valence electrons. The van der Waals surface area contributed by atoms with E-state index >= 15 is 0 Å². The molecule has 4 atom stereocenters. The van der Waals surface area contributed by atoms with Crippen molar-refractivity contribution in [2.45, 2.75) is 24.5 Å². The summed E-state index contributed by atoms with van der Waals surface area (Å²) in [5, 5.41) is 28.7. The summed E-state index contributed by atoms with van der Waals surface area (Å²) in [6.07, 6.45) is -2.66. The summed E-state index contributed by atoms with van der Waals surface area (Å²) in [7, 11) is 0. The number of nitrogens with zero attached hydrogens (tertiary/aromatic N) is 4. The van der Waals surface area contributed by atoms with E-state index in [0.717, 1.165) is 0 Å². The van der Waals surface area contributed by atoms with Crippen molar-refractivity contribution >= 4 is 22.8 Å². The Hall–Kier alpha value is -2.14. The van der Waals surface area contributed by atoms with Crippen LogP contribution in [0.1, 0.15) is 6.23 Å². The molecule has 0 saturated carbocycles. The molecule has 10 heteroatoms. The number of ether oxygens (including phenoxy) is 1. The molecule has 2 aromatic heterocycles. The van der Waals surface area contributed by atoms with Crippen LogP contribution < -0.4 is 5.73 Å². The van der Waals surface area contributed by atoms with Crippen LogP contribution >= 0.6 is 0 Å². The number of imidazole rings is 1. The minimum absolute atomic E-state index is 0.162. The zero-order valence-corrected chi connectivity index (χ0v) is 10.7. The van der Waals surface area contributed by atoms with Crippen LogP contribution in [0.3, 0.4) is 0 Å². The number of anilines is 1. The number of carbonyl (C=O) groups is 1. The van der Waals surface area contributed by atoms with Gasteiger partial charge in [-0.05, 0) is 0 Å². The predicted molar refractivity (Wildman–Crippen MR) is 67.8 cm³/mol. The number of aliphatic hydroxyl groups excluding tert-OH is 3. The second kappa shape index (κ2) is 5.00. The normalized spacial score (nSPS) is 29.1. The first-order valence-electron chi connectivity index (χ1n) is 6.12. The van der Waals surface area contributed by atoms with Gasteiger partial charge < -0.3 is 25.8 Å². The highest BCUT2D eigenvalue weighted by Crippen LogP contribution is 2.32. The van der Waals surface area contributed by atoms with E-state index in [1.54, 1.807) is 0 Å². The first kappa shape index (κ1) is 13.8. The highest BCUT2D eigenvalue weighted by atomic mass is 16.6. The van der Waals surface area contributed by atoms with E-state index in [1.165, 1.54) is 17.2 Å². The maximum atomic E-state index is 11.5. The Bertz CT molecular complexity index is 689. The summed E-state index contributed by atoms with van der Waals surface area (Å²) in [6.45, 7) is -0.791. The number of nitrogens with two attached hydrogens (primary N) is 1. The van der Waals surface area contributed by atoms with Crippen molar-refractivity contribution in [1.29, 1.82) is 0 Å². The molecule has 0 amide bonds. The van der Waals surface area contributed by atoms with Crippen LogP contribution in [0.15, 0.2) is 12.7 Å². The average molecular weight is 295 g/mol. The highest BCUT2D eigenvalue weighted by Gasteiger charge is 2.47. The quantitative estimate of drug-likeness (QED) is 0.484. The monoisotopic (exact) mass is 295 g/mol. The maximum Gasteiger partial charge on any atom is 0.189 e. The van der Waals surface area contributed by atoms with Crippen molar-refractivity contribution in [1.82, 2.24) is 19.5 Å². The molecule has 1 aliphatic rings. The lowest BCUT2D eigenvalue weighted by atomic mass is 10.1. The summed E-state index contributed by atoms with van der Waals surface area (Å²) in [5.74, 6) is -0.558. The van der Waals surface area contributed by atoms with Crippen molar-refractivity contribution in [2.24, 2.45) is 0 Å². The Morgan fingerprint density at radius 2 is 2.10 bits per heavy atom. The van der Waals surface area contributed by atoms with Gasteiger partial charge in [0.25, 0.3) is 0 Å². The zero-order chi connectivity index (χ0) is 15.1. The smallest absolute Gasteiger partial charge is 0.189 e. The fraction of sp³-hybridized carbons (Fsp3) is 0.455. The summed E-state index contributed by atoms with van der Waals surface area (Å²) in [5.41, 5.74) is 6.28. The van der Waals surface area contributed by atoms with Gasteiger partial charge >= 0.3 is 0 Å². The molecular weight excluding hydrogens is 282 g/mol. The van der Waals surface area contributed by atoms with Crippen LogP contribution in [0.4, 0.5) is 5.82 Å². The molecule has 0 spiro atoms. The molecule has 2 unspecified atom stereocenters. The molecule has 2 aromatic rings. The Morgan fingerprint density at radius 3 is 2.81 bits per heavy atom. The van der Waals surface area contributed by atoms with Gasteiger partial charge in [0, 0.05) is 0 Å². The molecule has 3 rings (SSSR count). The van der Waals surface area contributed by atoms with Crippen LogP contribution in [-0.2, 0) is 9.53 Å². The average Bonchev–Trinajstić information content (AvgIpc) is 3.02. The third-order valence-electron chi connectivity index (χ3n) is 3.37. The molecule has 1 saturated heterocycles. The fourth-order valence-corrected chi connectivity index (χ4v) is 2.30. The topological polar surface area (TPSA) is 157 Å². The zero-order valence-electron chi connectivity index (χ0n) is 10.7. The first-order valence-corrected chi connectivity index (χ1v) is 6.12. The van der Waals surface area contributed by atoms with Crippen LogP contribution in [0.25, 0.3) is 11.2 Å². The fourth-order valence-electron chi connectivity index (χ4n) is 2.30. The lowest BCUT2D eigenvalue weighted by Gasteiger charge is -2.16. The number of hydrogen-bond acceptors (Lipinski definition) is 9. The highest BCUT2D eigenvalue weighted by molar-refractivity contribution is 5.85. The van der Waals surface area contributed by atoms with Crippen LogP contribution in [0.2, 0.25) is 0 Å². The number of nitrogen functional groups attached to an aromatic ring is 1. The van der Waals surface area contributed by atoms with Gasteiger partial charge in [0.05, 0.1) is 6.33 Å². The van der Waals surface area contributed by atoms with E-state index in [4.69, 9.17) is 15.6 Å². The van der Waals surface area contributed by atoms with Gasteiger partial charge in [-0.25, -0.2) is 15.0 Å². The molecule has 0 aliphatic carbocycles. The second-order valence-electron chi connectivity index (χ2n) is 4.64. The summed E-state index contributed by atoms with van der Waals surface area (Å²) < 4.78 is 6.70. The standard InChI is InChI=1S/C11H13N5O5/c12-9-5-10(14-2-13-9)16(3-15-5)11-7(20)6(19)8(21-11)4(18)1-17/h2-3,6-8,11,17,19-20H,1H2,(H2,12,13,14)/t6?,7?,8-,11-/m1/s1. The van der Waals surface area contributed by atoms with Gasteiger partial charge in [0.1, 0.15) is 36.8 Å². The Labute approximate surface area is 117 Å². The third-order valence-corrected chi connectivity index (χ3v) is 3.37. The number of fused-ring (bicyclic) bond motifs is 1. The van der Waals surface area contributed by atoms with Gasteiger partial charge in [-0.2, -0.15) is 0 Å². The molecule has 0 aromatic carbocycles. The lowest BCUT2D eigenvalue weighted by molar-refractivity contribution is -0.138. The van der Waals surface area contributed by atoms with Crippen molar-refractivity contribution in [3.8, 4) is 0 Å². The SMILES string of the molecule is Nc1ncnc2c1ncn2[C@@H]1O[C@H](C(=O)CO)C(O)C1O. The van der Waals surface area contributed by atoms with Crippen LogP contribution in [0.5, 0.6) is 0 Å². The maximum absolute atomic E-state index is 11.5. The van der Waals surface area contributed by atoms with Crippen molar-refractivity contribution in [3.05, 3.63) is 12.7 Å². The predicted octanol–water partition coefficient (Wildman–Crippen LogP) is -2.41. The van der Waals surface area contributed by atoms with E-state index in [2.05, 4.69) is 15.0 Å². The van der Waals surface area contributed by atoms with Crippen LogP contribution in [0, 0.1) is 0 Å². The molecule has 3 heterocycles. The number of hydrogen-bond donors (Lipinski definition) is 4. The molecular formula is C11H13N5O5. The number of Topliss-reactive ketones (excluding diaryl/α,β-unsaturated/α-hetero) is 1. The van der Waals surface area contributed by atoms with Crippen molar-refractivity contribution in [3.63, 3.8) is 0 Å². The number of carbonyl (C=O) groups excluding carboxylic acids is 1. The molecule has 10 nitrogen and oxygen atoms in total. The second-order valence-corrected chi connectivity index (χ2v) is 4.64. The van der Waals surface area contributed by atoms with Gasteiger partial charge in [-0.3, -0.25) is 9.36 Å². The van der Waals surface area contributed by atoms with Crippen LogP contribution in [-0.4, -0.2) is 65.5 Å². The molecule has 5 N–H and O–H groups in total. The Balaban J connectivity index is 2.00. The Morgan fingerprint density at radius 1 is 1.33 bits per heavy atom. The van der Waals surface area contributed by atoms with Gasteiger partial charge in [-0.15, -0.1) is 0 Å². The summed E-state index contributed by atoms with van der Waals surface area (Å²) in [6, 6.07) is 0. The number of aromatic nitrogens is 4. The Kier molecular flexibility index (Phi) is 3.29. The third kappa shape index (κ3) is 2.05. The van der Waals surface area contributed by atoms with Gasteiger partial charge in [0.15, 0.2) is 23.5 Å². The molecule has 0 bridgehead atoms. The van der Waals surface area contributed by atoms with Gasteiger partial charge in [-0.1, -0.05) is 0 Å². The van der Waals surface area contributed by atoms with E-state index in [9.17, 15) is 15.0 Å². The largest absolute Gasteiger partial charge is 0.388 e. The molecule has 1 fully saturated rings. The number of rotatable bonds is 3. The lowest BCUT2D eigenvalue weighted by Crippen LogP contribution is -2.37. The molecule has 1 aliphatic heterocycles. The number of ketones is 1. The van der Waals surface area contributed by atoms with E-state index < -0.39 is 36.9 Å². The first-order chi connectivity index (χ1) is 10.0. The van der Waals surface area contributed by atoms with Crippen molar-refractivity contribution in [2.75, 3.05) is 12.3 Å². The van der Waals surface area contributed by atoms with E-state index in [-0.39, 0.29) is 5.82 Å². The molecule has 0 radical (unpaired) electrons. The van der Waals surface area contributed by atoms with E-state index in [1.807, 2.05) is 0 Å². The summed E-state index contributed by atoms with van der Waals surface area (Å²) in [4.78, 5) is 23.3. The van der Waals surface area contributed by atoms with Crippen molar-refractivity contribution < 1.29 is 24.9 Å². The minimum Gasteiger partial charge on any atom is -0.388 e. The van der Waals surface area contributed by atoms with Gasteiger partial charge in [0.2, 0.25) is 0 Å². The number of aliphatic hydroxyl groups is 3.